The maximum Gasteiger partial charge on any atom is 0.347 e. The Morgan fingerprint density at radius 2 is 1.71 bits per heavy atom. The Morgan fingerprint density at radius 3 is 2.46 bits per heavy atom. The van der Waals surface area contributed by atoms with E-state index < -0.39 is 11.9 Å². The van der Waals surface area contributed by atoms with E-state index in [0.717, 1.165) is 0 Å². The van der Waals surface area contributed by atoms with Crippen LogP contribution in [0.2, 0.25) is 0 Å². The maximum absolute atomic E-state index is 12.3. The number of ether oxygens (including phenoxy) is 4. The number of hydrogen-bond donors (Lipinski definition) is 0. The first-order valence-electron chi connectivity index (χ1n) is 7.27. The Labute approximate surface area is 139 Å². The van der Waals surface area contributed by atoms with Crippen LogP contribution in [-0.2, 0) is 9.47 Å². The SMILES string of the molecule is COCCOC(=O)c1cccc(OC(=O)c2ccccc2OC)c1. The van der Waals surface area contributed by atoms with Crippen molar-refractivity contribution in [2.45, 2.75) is 0 Å². The third-order valence-electron chi connectivity index (χ3n) is 3.13. The van der Waals surface area contributed by atoms with Gasteiger partial charge in [-0.15, -0.1) is 0 Å². The van der Waals surface area contributed by atoms with Gasteiger partial charge in [0, 0.05) is 7.11 Å². The van der Waals surface area contributed by atoms with Gasteiger partial charge in [-0.3, -0.25) is 0 Å². The lowest BCUT2D eigenvalue weighted by atomic mass is 10.2. The van der Waals surface area contributed by atoms with Crippen LogP contribution in [0.3, 0.4) is 0 Å². The third kappa shape index (κ3) is 4.57. The van der Waals surface area contributed by atoms with Crippen molar-refractivity contribution < 1.29 is 28.5 Å². The molecule has 2 rings (SSSR count). The molecule has 0 heterocycles. The fourth-order valence-corrected chi connectivity index (χ4v) is 1.96. The summed E-state index contributed by atoms with van der Waals surface area (Å²) in [6.07, 6.45) is 0. The summed E-state index contributed by atoms with van der Waals surface area (Å²) in [5, 5.41) is 0. The molecule has 6 heteroatoms. The Hall–Kier alpha value is -2.86. The molecule has 0 unspecified atom stereocenters. The second kappa shape index (κ2) is 8.69. The van der Waals surface area contributed by atoms with E-state index in [2.05, 4.69) is 0 Å². The summed E-state index contributed by atoms with van der Waals surface area (Å²) in [5.41, 5.74) is 0.588. The maximum atomic E-state index is 12.3. The predicted octanol–water partition coefficient (Wildman–Crippen LogP) is 2.72. The lowest BCUT2D eigenvalue weighted by molar-refractivity contribution is 0.0387. The highest BCUT2D eigenvalue weighted by atomic mass is 16.6. The highest BCUT2D eigenvalue weighted by molar-refractivity contribution is 5.94. The van der Waals surface area contributed by atoms with Gasteiger partial charge in [0.05, 0.1) is 19.3 Å². The van der Waals surface area contributed by atoms with Crippen LogP contribution < -0.4 is 9.47 Å². The van der Waals surface area contributed by atoms with Gasteiger partial charge in [-0.2, -0.15) is 0 Å². The molecule has 0 amide bonds. The van der Waals surface area contributed by atoms with Crippen molar-refractivity contribution in [3.8, 4) is 11.5 Å². The fraction of sp³-hybridized carbons (Fsp3) is 0.222. The molecule has 0 radical (unpaired) electrons. The molecule has 0 bridgehead atoms. The predicted molar refractivity (Wildman–Crippen MR) is 86.6 cm³/mol. The molecule has 0 N–H and O–H groups in total. The Morgan fingerprint density at radius 1 is 0.917 bits per heavy atom. The van der Waals surface area contributed by atoms with E-state index in [1.807, 2.05) is 0 Å². The van der Waals surface area contributed by atoms with Gasteiger partial charge >= 0.3 is 11.9 Å². The van der Waals surface area contributed by atoms with Crippen molar-refractivity contribution in [2.24, 2.45) is 0 Å². The number of methoxy groups -OCH3 is 2. The smallest absolute Gasteiger partial charge is 0.347 e. The summed E-state index contributed by atoms with van der Waals surface area (Å²) in [6, 6.07) is 13.0. The van der Waals surface area contributed by atoms with Crippen LogP contribution in [0, 0.1) is 0 Å². The van der Waals surface area contributed by atoms with E-state index in [0.29, 0.717) is 17.9 Å². The van der Waals surface area contributed by atoms with E-state index in [9.17, 15) is 9.59 Å². The molecule has 0 aromatic heterocycles. The summed E-state index contributed by atoms with van der Waals surface area (Å²) < 4.78 is 20.3. The van der Waals surface area contributed by atoms with Gasteiger partial charge in [0.25, 0.3) is 0 Å². The van der Waals surface area contributed by atoms with Crippen LogP contribution in [0.15, 0.2) is 48.5 Å². The van der Waals surface area contributed by atoms with Gasteiger partial charge in [0.2, 0.25) is 0 Å². The van der Waals surface area contributed by atoms with Gasteiger partial charge in [0.15, 0.2) is 0 Å². The van der Waals surface area contributed by atoms with Crippen molar-refractivity contribution in [1.29, 1.82) is 0 Å². The molecule has 2 aromatic rings. The standard InChI is InChI=1S/C18H18O6/c1-21-10-11-23-17(19)13-6-5-7-14(12-13)24-18(20)15-8-3-4-9-16(15)22-2/h3-9,12H,10-11H2,1-2H3. The zero-order valence-electron chi connectivity index (χ0n) is 13.5. The van der Waals surface area contributed by atoms with Crippen LogP contribution in [0.5, 0.6) is 11.5 Å². The van der Waals surface area contributed by atoms with Crippen molar-refractivity contribution in [1.82, 2.24) is 0 Å². The quantitative estimate of drug-likeness (QED) is 0.442. The zero-order valence-corrected chi connectivity index (χ0v) is 13.5. The lowest BCUT2D eigenvalue weighted by Crippen LogP contribution is -2.12. The van der Waals surface area contributed by atoms with E-state index >= 15 is 0 Å². The largest absolute Gasteiger partial charge is 0.496 e. The minimum absolute atomic E-state index is 0.153. The van der Waals surface area contributed by atoms with Gasteiger partial charge in [-0.25, -0.2) is 9.59 Å². The highest BCUT2D eigenvalue weighted by Gasteiger charge is 2.15. The molecule has 0 fully saturated rings. The van der Waals surface area contributed by atoms with Gasteiger partial charge in [-0.1, -0.05) is 18.2 Å². The summed E-state index contributed by atoms with van der Waals surface area (Å²) in [6.45, 7) is 0.467. The van der Waals surface area contributed by atoms with Crippen LogP contribution in [0.25, 0.3) is 0 Å². The summed E-state index contributed by atoms with van der Waals surface area (Å²) in [7, 11) is 2.99. The molecular formula is C18H18O6. The number of para-hydroxylation sites is 1. The molecule has 0 aliphatic carbocycles. The normalized spacial score (nSPS) is 10.1. The first-order valence-corrected chi connectivity index (χ1v) is 7.27. The second-order valence-electron chi connectivity index (χ2n) is 4.75. The van der Waals surface area contributed by atoms with E-state index in [-0.39, 0.29) is 17.9 Å². The van der Waals surface area contributed by atoms with Crippen LogP contribution in [0.4, 0.5) is 0 Å². The van der Waals surface area contributed by atoms with Gasteiger partial charge < -0.3 is 18.9 Å². The molecule has 0 saturated heterocycles. The average molecular weight is 330 g/mol. The van der Waals surface area contributed by atoms with E-state index in [4.69, 9.17) is 18.9 Å². The molecule has 0 aliphatic heterocycles. The Balaban J connectivity index is 2.09. The molecule has 0 spiro atoms. The van der Waals surface area contributed by atoms with Crippen molar-refractivity contribution in [2.75, 3.05) is 27.4 Å². The fourth-order valence-electron chi connectivity index (χ4n) is 1.96. The minimum atomic E-state index is -0.572. The van der Waals surface area contributed by atoms with Crippen molar-refractivity contribution in [3.05, 3.63) is 59.7 Å². The van der Waals surface area contributed by atoms with Crippen LogP contribution in [-0.4, -0.2) is 39.4 Å². The number of carbonyl (C=O) groups is 2. The minimum Gasteiger partial charge on any atom is -0.496 e. The summed E-state index contributed by atoms with van der Waals surface area (Å²) in [5.74, 6) is -0.427. The first-order chi connectivity index (χ1) is 11.7. The molecule has 0 aliphatic rings. The average Bonchev–Trinajstić information content (AvgIpc) is 2.62. The topological polar surface area (TPSA) is 71.1 Å². The van der Waals surface area contributed by atoms with Crippen molar-refractivity contribution in [3.63, 3.8) is 0 Å². The third-order valence-corrected chi connectivity index (χ3v) is 3.13. The Bertz CT molecular complexity index is 710. The highest BCUT2D eigenvalue weighted by Crippen LogP contribution is 2.21. The number of rotatable bonds is 7. The first kappa shape index (κ1) is 17.5. The van der Waals surface area contributed by atoms with Gasteiger partial charge in [0.1, 0.15) is 23.7 Å². The van der Waals surface area contributed by atoms with Crippen molar-refractivity contribution >= 4 is 11.9 Å². The summed E-state index contributed by atoms with van der Waals surface area (Å²) in [4.78, 5) is 24.1. The zero-order chi connectivity index (χ0) is 17.4. The molecular weight excluding hydrogens is 312 g/mol. The van der Waals surface area contributed by atoms with Crippen LogP contribution in [0.1, 0.15) is 20.7 Å². The number of benzene rings is 2. The van der Waals surface area contributed by atoms with E-state index in [1.165, 1.54) is 20.3 Å². The number of esters is 2. The Kier molecular flexibility index (Phi) is 6.33. The van der Waals surface area contributed by atoms with Gasteiger partial charge in [-0.05, 0) is 30.3 Å². The molecule has 0 atom stereocenters. The molecule has 2 aromatic carbocycles. The monoisotopic (exact) mass is 330 g/mol. The summed E-state index contributed by atoms with van der Waals surface area (Å²) >= 11 is 0. The number of hydrogen-bond acceptors (Lipinski definition) is 6. The molecule has 6 nitrogen and oxygen atoms in total. The molecule has 24 heavy (non-hydrogen) atoms. The van der Waals surface area contributed by atoms with Crippen LogP contribution >= 0.6 is 0 Å². The van der Waals surface area contributed by atoms with E-state index in [1.54, 1.807) is 42.5 Å². The second-order valence-corrected chi connectivity index (χ2v) is 4.75. The molecule has 0 saturated carbocycles. The number of carbonyl (C=O) groups excluding carboxylic acids is 2. The molecule has 126 valence electrons. The lowest BCUT2D eigenvalue weighted by Gasteiger charge is -2.09.